The molecule has 0 aromatic heterocycles. The zero-order valence-electron chi connectivity index (χ0n) is 13.6. The van der Waals surface area contributed by atoms with Gasteiger partial charge in [-0.3, -0.25) is 0 Å². The predicted molar refractivity (Wildman–Crippen MR) is 96.1 cm³/mol. The van der Waals surface area contributed by atoms with Gasteiger partial charge in [0.15, 0.2) is 0 Å². The van der Waals surface area contributed by atoms with E-state index in [0.717, 1.165) is 22.4 Å². The van der Waals surface area contributed by atoms with E-state index < -0.39 is 5.97 Å². The molecule has 0 radical (unpaired) electrons. The first-order valence-corrected chi connectivity index (χ1v) is 8.87. The van der Waals surface area contributed by atoms with Gasteiger partial charge in [-0.15, -0.1) is 0 Å². The first-order valence-electron chi connectivity index (χ1n) is 7.99. The number of hydrogen-bond donors (Lipinski definition) is 2. The van der Waals surface area contributed by atoms with Crippen LogP contribution in [-0.4, -0.2) is 17.7 Å². The molecule has 2 aromatic carbocycles. The molecule has 4 nitrogen and oxygen atoms in total. The van der Waals surface area contributed by atoms with E-state index in [1.54, 1.807) is 17.8 Å². The molecule has 0 aliphatic carbocycles. The van der Waals surface area contributed by atoms with Crippen molar-refractivity contribution in [2.75, 3.05) is 11.9 Å². The fourth-order valence-electron chi connectivity index (χ4n) is 3.05. The van der Waals surface area contributed by atoms with Crippen molar-refractivity contribution in [3.63, 3.8) is 0 Å². The second kappa shape index (κ2) is 5.84. The Labute approximate surface area is 145 Å². The van der Waals surface area contributed by atoms with Crippen molar-refractivity contribution in [3.05, 3.63) is 59.2 Å². The molecule has 0 saturated carbocycles. The van der Waals surface area contributed by atoms with Gasteiger partial charge in [0, 0.05) is 27.8 Å². The maximum Gasteiger partial charge on any atom is 0.346 e. The lowest BCUT2D eigenvalue weighted by atomic mass is 10.0. The fourth-order valence-corrected chi connectivity index (χ4v) is 4.21. The largest absolute Gasteiger partial charge is 0.435 e. The number of thioether (sulfide) groups is 1. The molecule has 124 valence electrons. The normalized spacial score (nSPS) is 24.0. The van der Waals surface area contributed by atoms with Crippen LogP contribution in [0, 0.1) is 6.92 Å². The van der Waals surface area contributed by atoms with E-state index in [1.807, 2.05) is 31.2 Å². The zero-order chi connectivity index (χ0) is 16.7. The average Bonchev–Trinajstić information content (AvgIpc) is 2.98. The molecule has 0 fully saturated rings. The van der Waals surface area contributed by atoms with Crippen LogP contribution in [0.2, 0.25) is 0 Å². The van der Waals surface area contributed by atoms with E-state index in [0.29, 0.717) is 12.4 Å². The highest BCUT2D eigenvalue weighted by Gasteiger charge is 2.35. The molecular weight excluding hydrogens is 322 g/mol. The molecule has 2 N–H and O–H groups in total. The van der Waals surface area contributed by atoms with Crippen LogP contribution in [0.4, 0.5) is 5.69 Å². The zero-order valence-corrected chi connectivity index (χ0v) is 14.4. The molecule has 5 heteroatoms. The van der Waals surface area contributed by atoms with Gasteiger partial charge in [0.1, 0.15) is 11.1 Å². The van der Waals surface area contributed by atoms with Crippen molar-refractivity contribution in [2.24, 2.45) is 0 Å². The molecule has 2 atom stereocenters. The molecule has 2 aliphatic rings. The topological polar surface area (TPSA) is 50.7 Å². The third-order valence-electron chi connectivity index (χ3n) is 4.06. The molecule has 2 aromatic rings. The van der Waals surface area contributed by atoms with Crippen molar-refractivity contribution in [1.82, 2.24) is 0 Å². The monoisotopic (exact) mass is 341 g/mol. The highest BCUT2D eigenvalue weighted by molar-refractivity contribution is 8.00. The Bertz CT molecular complexity index is 795. The van der Waals surface area contributed by atoms with Crippen molar-refractivity contribution >= 4 is 23.5 Å². The summed E-state index contributed by atoms with van der Waals surface area (Å²) >= 11 is 1.75. The Morgan fingerprint density at radius 3 is 2.96 bits per heavy atom. The van der Waals surface area contributed by atoms with Gasteiger partial charge in [-0.25, -0.2) is 0 Å². The predicted octanol–water partition coefficient (Wildman–Crippen LogP) is 4.30. The van der Waals surface area contributed by atoms with Crippen LogP contribution in [0.1, 0.15) is 29.0 Å². The van der Waals surface area contributed by atoms with Gasteiger partial charge in [-0.2, -0.15) is 0 Å². The summed E-state index contributed by atoms with van der Waals surface area (Å²) in [6.45, 7) is 4.25. The summed E-state index contributed by atoms with van der Waals surface area (Å²) in [6, 6.07) is 12.4. The number of fused-ring (bicyclic) bond motifs is 2. The Hall–Kier alpha value is -1.95. The molecule has 2 unspecified atom stereocenters. The van der Waals surface area contributed by atoms with Crippen LogP contribution < -0.4 is 10.1 Å². The van der Waals surface area contributed by atoms with Crippen molar-refractivity contribution in [2.45, 2.75) is 30.1 Å². The summed E-state index contributed by atoms with van der Waals surface area (Å²) < 4.78 is 11.2. The second-order valence-corrected chi connectivity index (χ2v) is 7.06. The van der Waals surface area contributed by atoms with Crippen LogP contribution >= 0.6 is 11.8 Å². The quantitative estimate of drug-likeness (QED) is 0.815. The van der Waals surface area contributed by atoms with Gasteiger partial charge in [0.05, 0.1) is 6.61 Å². The van der Waals surface area contributed by atoms with E-state index >= 15 is 0 Å². The summed E-state index contributed by atoms with van der Waals surface area (Å²) in [6.07, 6.45) is 3.41. The summed E-state index contributed by atoms with van der Waals surface area (Å²) in [5.41, 5.74) is 4.23. The van der Waals surface area contributed by atoms with E-state index in [1.165, 1.54) is 4.90 Å². The Morgan fingerprint density at radius 2 is 2.17 bits per heavy atom. The van der Waals surface area contributed by atoms with E-state index in [-0.39, 0.29) is 5.37 Å². The number of benzene rings is 2. The molecule has 4 rings (SSSR count). The number of ether oxygens (including phenoxy) is 2. The minimum Gasteiger partial charge on any atom is -0.435 e. The van der Waals surface area contributed by atoms with Crippen LogP contribution in [0.3, 0.4) is 0 Å². The molecule has 0 amide bonds. The summed E-state index contributed by atoms with van der Waals surface area (Å²) in [7, 11) is 0. The fraction of sp³-hybridized carbons (Fsp3) is 0.263. The summed E-state index contributed by atoms with van der Waals surface area (Å²) in [5.74, 6) is -1.04. The smallest absolute Gasteiger partial charge is 0.346 e. The Morgan fingerprint density at radius 1 is 1.33 bits per heavy atom. The van der Waals surface area contributed by atoms with Crippen molar-refractivity contribution in [3.8, 4) is 5.75 Å². The van der Waals surface area contributed by atoms with Crippen LogP contribution in [-0.2, 0) is 4.74 Å². The molecule has 24 heavy (non-hydrogen) atoms. The van der Waals surface area contributed by atoms with Crippen molar-refractivity contribution < 1.29 is 14.6 Å². The molecule has 2 heterocycles. The maximum atomic E-state index is 10.5. The third-order valence-corrected chi connectivity index (χ3v) is 5.28. The van der Waals surface area contributed by atoms with Crippen LogP contribution in [0.5, 0.6) is 5.75 Å². The number of anilines is 1. The van der Waals surface area contributed by atoms with Gasteiger partial charge in [0.2, 0.25) is 0 Å². The Kier molecular flexibility index (Phi) is 3.79. The van der Waals surface area contributed by atoms with E-state index in [2.05, 4.69) is 30.4 Å². The maximum absolute atomic E-state index is 10.5. The second-order valence-electron chi connectivity index (χ2n) is 5.91. The highest BCUT2D eigenvalue weighted by atomic mass is 32.2. The van der Waals surface area contributed by atoms with E-state index in [4.69, 9.17) is 9.47 Å². The molecule has 2 aliphatic heterocycles. The lowest BCUT2D eigenvalue weighted by Gasteiger charge is -2.31. The minimum absolute atomic E-state index is 0.0356. The lowest BCUT2D eigenvalue weighted by molar-refractivity contribution is -0.283. The number of rotatable bonds is 3. The van der Waals surface area contributed by atoms with Crippen LogP contribution in [0.15, 0.2) is 47.4 Å². The molecule has 0 spiro atoms. The number of nitrogens with one attached hydrogen (secondary N) is 1. The first-order chi connectivity index (χ1) is 11.6. The number of para-hydroxylation sites is 1. The van der Waals surface area contributed by atoms with Gasteiger partial charge >= 0.3 is 5.97 Å². The number of aryl methyl sites for hydroxylation is 1. The number of aliphatic hydroxyl groups is 1. The lowest BCUT2D eigenvalue weighted by Crippen LogP contribution is -2.39. The van der Waals surface area contributed by atoms with Gasteiger partial charge < -0.3 is 19.9 Å². The third kappa shape index (κ3) is 2.69. The number of hydrogen-bond acceptors (Lipinski definition) is 5. The summed E-state index contributed by atoms with van der Waals surface area (Å²) in [4.78, 5) is 1.21. The SMILES string of the molecule is CCOC1(O)C=Cc2cc(C)cc(C3Nc4ccccc4S3)c2O1. The highest BCUT2D eigenvalue weighted by Crippen LogP contribution is 2.50. The Balaban J connectivity index is 1.74. The van der Waals surface area contributed by atoms with Crippen molar-refractivity contribution in [1.29, 1.82) is 0 Å². The van der Waals surface area contributed by atoms with Gasteiger partial charge in [-0.1, -0.05) is 23.9 Å². The molecule has 0 bridgehead atoms. The molecule has 0 saturated heterocycles. The minimum atomic E-state index is -1.71. The van der Waals surface area contributed by atoms with Gasteiger partial charge in [-0.05, 0) is 49.8 Å². The summed E-state index contributed by atoms with van der Waals surface area (Å²) in [5, 5.41) is 14.0. The van der Waals surface area contributed by atoms with E-state index in [9.17, 15) is 5.11 Å². The first kappa shape index (κ1) is 15.6. The average molecular weight is 341 g/mol. The standard InChI is InChI=1S/C19H19NO3S/c1-3-22-19(21)9-8-13-10-12(2)11-14(17(13)23-19)18-20-15-6-4-5-7-16(15)24-18/h4-11,18,20-21H,3H2,1-2H3. The molecular formula is C19H19NO3S. The van der Waals surface area contributed by atoms with Gasteiger partial charge in [0.25, 0.3) is 0 Å². The van der Waals surface area contributed by atoms with Crippen LogP contribution in [0.25, 0.3) is 6.08 Å².